The summed E-state index contributed by atoms with van der Waals surface area (Å²) in [6, 6.07) is 0. The van der Waals surface area contributed by atoms with Crippen molar-refractivity contribution in [3.8, 4) is 0 Å². The molecule has 0 saturated heterocycles. The van der Waals surface area contributed by atoms with Gasteiger partial charge in [-0.15, -0.1) is 0 Å². The predicted octanol–water partition coefficient (Wildman–Crippen LogP) is 3.27. The molecule has 0 N–H and O–H groups in total. The van der Waals surface area contributed by atoms with E-state index in [0.717, 1.165) is 0 Å². The molecule has 0 saturated carbocycles. The van der Waals surface area contributed by atoms with Crippen molar-refractivity contribution in [3.05, 3.63) is 28.2 Å². The zero-order valence-electron chi connectivity index (χ0n) is 7.85. The summed E-state index contributed by atoms with van der Waals surface area (Å²) in [6.45, 7) is 11.0. The predicted molar refractivity (Wildman–Crippen MR) is 45.7 cm³/mol. The van der Waals surface area contributed by atoms with Gasteiger partial charge in [0.2, 0.25) is 0 Å². The van der Waals surface area contributed by atoms with Gasteiger partial charge in [0.15, 0.2) is 0 Å². The summed E-state index contributed by atoms with van der Waals surface area (Å²) in [5, 5.41) is 0. The van der Waals surface area contributed by atoms with Gasteiger partial charge < -0.3 is 0 Å². The van der Waals surface area contributed by atoms with E-state index in [2.05, 4.69) is 34.6 Å². The molecule has 1 radical (unpaired) electrons. The van der Waals surface area contributed by atoms with Crippen LogP contribution in [0.4, 0.5) is 0 Å². The fraction of sp³-hybridized carbons (Fsp3) is 0.500. The van der Waals surface area contributed by atoms with Crippen LogP contribution in [0.15, 0.2) is 22.3 Å². The Labute approximate surface area is 102 Å². The average Bonchev–Trinajstić information content (AvgIpc) is 2.07. The van der Waals surface area contributed by atoms with Gasteiger partial charge >= 0.3 is 0 Å². The third-order valence-corrected chi connectivity index (χ3v) is 2.81. The fourth-order valence-electron chi connectivity index (χ4n) is 1.41. The molecule has 1 aliphatic carbocycles. The van der Waals surface area contributed by atoms with Gasteiger partial charge in [0.25, 0.3) is 0 Å². The Balaban J connectivity index is 0.000001000. The van der Waals surface area contributed by atoms with Crippen molar-refractivity contribution in [1.29, 1.82) is 0 Å². The van der Waals surface area contributed by atoms with Gasteiger partial charge in [-0.3, -0.25) is 0 Å². The Kier molecular flexibility index (Phi) is 4.46. The van der Waals surface area contributed by atoms with Gasteiger partial charge in [-0.1, -0.05) is 18.1 Å². The standard InChI is InChI=1S/C10H15.Gd/c1-6-7(2)9(4)10(5)8(6)3;/h1-5H3;. The van der Waals surface area contributed by atoms with Crippen LogP contribution in [0.3, 0.4) is 0 Å². The van der Waals surface area contributed by atoms with E-state index in [-0.39, 0.29) is 39.9 Å². The molecular weight excluding hydrogens is 277 g/mol. The van der Waals surface area contributed by atoms with Crippen molar-refractivity contribution in [1.82, 2.24) is 0 Å². The minimum absolute atomic E-state index is 0. The molecule has 0 aromatic carbocycles. The quantitative estimate of drug-likeness (QED) is 0.643. The molecule has 0 heterocycles. The van der Waals surface area contributed by atoms with Crippen molar-refractivity contribution in [2.24, 2.45) is 0 Å². The second-order valence-corrected chi connectivity index (χ2v) is 3.12. The van der Waals surface area contributed by atoms with Crippen molar-refractivity contribution in [3.63, 3.8) is 0 Å². The summed E-state index contributed by atoms with van der Waals surface area (Å²) >= 11 is 0. The molecule has 0 atom stereocenters. The van der Waals surface area contributed by atoms with E-state index >= 15 is 0 Å². The van der Waals surface area contributed by atoms with Crippen LogP contribution in [-0.2, 0) is 0 Å². The van der Waals surface area contributed by atoms with Gasteiger partial charge in [0.05, 0.1) is 0 Å². The Bertz CT molecular complexity index is 197. The van der Waals surface area contributed by atoms with Crippen LogP contribution >= 0.6 is 0 Å². The number of rotatable bonds is 0. The monoisotopic (exact) mass is 293 g/mol. The Morgan fingerprint density at radius 3 is 0.909 bits per heavy atom. The van der Waals surface area contributed by atoms with E-state index in [1.54, 1.807) is 0 Å². The van der Waals surface area contributed by atoms with Crippen molar-refractivity contribution < 1.29 is 39.9 Å². The molecule has 1 heteroatoms. The van der Waals surface area contributed by atoms with Crippen molar-refractivity contribution in [2.75, 3.05) is 0 Å². The first-order chi connectivity index (χ1) is 4.55. The number of hydrogen-bond acceptors (Lipinski definition) is 0. The maximum absolute atomic E-state index is 2.20. The minimum Gasteiger partial charge on any atom is -0.0589 e. The van der Waals surface area contributed by atoms with Crippen LogP contribution in [0.25, 0.3) is 0 Å². The SMILES string of the molecule is C[C]1C(C)=C(C)C(C)=C1C.[Gd]. The van der Waals surface area contributed by atoms with Gasteiger partial charge in [-0.2, -0.15) is 0 Å². The molecule has 0 amide bonds. The van der Waals surface area contributed by atoms with Crippen LogP contribution < -0.4 is 0 Å². The summed E-state index contributed by atoms with van der Waals surface area (Å²) < 4.78 is 0. The average molecular weight is 292 g/mol. The molecule has 11 heavy (non-hydrogen) atoms. The van der Waals surface area contributed by atoms with E-state index in [4.69, 9.17) is 0 Å². The van der Waals surface area contributed by atoms with Gasteiger partial charge in [0, 0.05) is 45.9 Å². The maximum atomic E-state index is 2.20. The van der Waals surface area contributed by atoms with Crippen LogP contribution in [0.1, 0.15) is 34.6 Å². The molecule has 0 aliphatic heterocycles. The number of hydrogen-bond donors (Lipinski definition) is 0. The zero-order chi connectivity index (χ0) is 7.89. The molecule has 0 spiro atoms. The molecule has 0 aromatic heterocycles. The maximum Gasteiger partial charge on any atom is 0.0226 e. The van der Waals surface area contributed by atoms with E-state index in [1.807, 2.05) is 0 Å². The first-order valence-corrected chi connectivity index (χ1v) is 3.75. The summed E-state index contributed by atoms with van der Waals surface area (Å²) in [5.41, 5.74) is 5.87. The number of allylic oxidation sites excluding steroid dienone is 4. The molecule has 0 aromatic rings. The third kappa shape index (κ3) is 1.94. The zero-order valence-corrected chi connectivity index (χ0v) is 10.1. The fourth-order valence-corrected chi connectivity index (χ4v) is 1.41. The molecule has 0 bridgehead atoms. The van der Waals surface area contributed by atoms with Crippen LogP contribution in [0.5, 0.6) is 0 Å². The Morgan fingerprint density at radius 1 is 0.545 bits per heavy atom. The summed E-state index contributed by atoms with van der Waals surface area (Å²) in [5.74, 6) is 1.47. The summed E-state index contributed by atoms with van der Waals surface area (Å²) in [7, 11) is 0. The largest absolute Gasteiger partial charge is 0.0589 e. The second kappa shape index (κ2) is 4.16. The molecule has 0 nitrogen and oxygen atoms in total. The van der Waals surface area contributed by atoms with E-state index in [0.29, 0.717) is 0 Å². The first-order valence-electron chi connectivity index (χ1n) is 3.75. The van der Waals surface area contributed by atoms with Gasteiger partial charge in [0.1, 0.15) is 0 Å². The summed E-state index contributed by atoms with van der Waals surface area (Å²) in [4.78, 5) is 0. The normalized spacial score (nSPS) is 19.4. The molecule has 0 unspecified atom stereocenters. The minimum atomic E-state index is 0. The van der Waals surface area contributed by atoms with Crippen LogP contribution in [-0.4, -0.2) is 0 Å². The molecule has 1 rings (SSSR count). The van der Waals surface area contributed by atoms with Crippen molar-refractivity contribution in [2.45, 2.75) is 34.6 Å². The first kappa shape index (κ1) is 11.8. The molecule has 63 valence electrons. The van der Waals surface area contributed by atoms with E-state index in [9.17, 15) is 0 Å². The van der Waals surface area contributed by atoms with Crippen LogP contribution in [0, 0.1) is 45.9 Å². The Hall–Kier alpha value is 0.805. The second-order valence-electron chi connectivity index (χ2n) is 3.12. The van der Waals surface area contributed by atoms with E-state index < -0.39 is 0 Å². The van der Waals surface area contributed by atoms with Crippen molar-refractivity contribution >= 4 is 0 Å². The van der Waals surface area contributed by atoms with Gasteiger partial charge in [-0.05, 0) is 38.8 Å². The van der Waals surface area contributed by atoms with Crippen LogP contribution in [0.2, 0.25) is 0 Å². The van der Waals surface area contributed by atoms with E-state index in [1.165, 1.54) is 28.2 Å². The van der Waals surface area contributed by atoms with Gasteiger partial charge in [-0.25, -0.2) is 0 Å². The molecule has 0 fully saturated rings. The Morgan fingerprint density at radius 2 is 0.818 bits per heavy atom. The summed E-state index contributed by atoms with van der Waals surface area (Å²) in [6.07, 6.45) is 0. The topological polar surface area (TPSA) is 0 Å². The molecule has 1 aliphatic rings. The molecular formula is C10H15Gd. The third-order valence-electron chi connectivity index (χ3n) is 2.81. The smallest absolute Gasteiger partial charge is 0.0226 e.